The van der Waals surface area contributed by atoms with Gasteiger partial charge in [-0.25, -0.2) is 14.6 Å². The molecular formula is C17H18ClN5O4. The van der Waals surface area contributed by atoms with Gasteiger partial charge in [0, 0.05) is 10.9 Å². The Kier molecular flexibility index (Phi) is 4.70. The maximum atomic E-state index is 10.7. The summed E-state index contributed by atoms with van der Waals surface area (Å²) >= 11 is 5.88. The van der Waals surface area contributed by atoms with E-state index in [0.717, 1.165) is 0 Å². The van der Waals surface area contributed by atoms with Crippen LogP contribution in [0.4, 0.5) is 5.82 Å². The SMILES string of the molecule is ONc1ncnc2c1cnn2[C@@H]1C[C@H]([C@H](O)c2ccc(Cl)cc2)[C@@H](O)[C@H]1O. The summed E-state index contributed by atoms with van der Waals surface area (Å²) in [6.07, 6.45) is -0.234. The fourth-order valence-corrected chi connectivity index (χ4v) is 3.83. The molecule has 1 aliphatic rings. The second-order valence-electron chi connectivity index (χ2n) is 6.60. The average molecular weight is 392 g/mol. The van der Waals surface area contributed by atoms with Crippen molar-refractivity contribution in [3.05, 3.63) is 47.4 Å². The van der Waals surface area contributed by atoms with E-state index in [9.17, 15) is 15.3 Å². The molecule has 10 heteroatoms. The van der Waals surface area contributed by atoms with Crippen LogP contribution in [0.25, 0.3) is 11.0 Å². The minimum Gasteiger partial charge on any atom is -0.390 e. The molecule has 9 nitrogen and oxygen atoms in total. The molecule has 0 aliphatic heterocycles. The van der Waals surface area contributed by atoms with E-state index in [1.807, 2.05) is 5.48 Å². The molecule has 0 saturated heterocycles. The highest BCUT2D eigenvalue weighted by Gasteiger charge is 2.46. The first kappa shape index (κ1) is 18.1. The van der Waals surface area contributed by atoms with Crippen molar-refractivity contribution < 1.29 is 20.5 Å². The molecule has 5 atom stereocenters. The summed E-state index contributed by atoms with van der Waals surface area (Å²) in [7, 11) is 0. The summed E-state index contributed by atoms with van der Waals surface area (Å²) in [5.41, 5.74) is 2.99. The molecule has 2 aromatic heterocycles. The smallest absolute Gasteiger partial charge is 0.164 e. The highest BCUT2D eigenvalue weighted by atomic mass is 35.5. The number of nitrogens with one attached hydrogen (secondary N) is 1. The van der Waals surface area contributed by atoms with E-state index in [1.165, 1.54) is 17.2 Å². The molecule has 3 aromatic rings. The molecular weight excluding hydrogens is 374 g/mol. The lowest BCUT2D eigenvalue weighted by atomic mass is 9.92. The van der Waals surface area contributed by atoms with Crippen LogP contribution in [0, 0.1) is 5.92 Å². The van der Waals surface area contributed by atoms with Gasteiger partial charge in [-0.1, -0.05) is 23.7 Å². The van der Waals surface area contributed by atoms with Gasteiger partial charge in [0.1, 0.15) is 12.4 Å². The minimum absolute atomic E-state index is 0.192. The highest BCUT2D eigenvalue weighted by Crippen LogP contribution is 2.42. The molecule has 1 aliphatic carbocycles. The van der Waals surface area contributed by atoms with E-state index in [1.54, 1.807) is 24.3 Å². The molecule has 2 heterocycles. The molecule has 1 fully saturated rings. The van der Waals surface area contributed by atoms with Gasteiger partial charge in [0.2, 0.25) is 0 Å². The summed E-state index contributed by atoms with van der Waals surface area (Å²) in [5.74, 6) is -0.403. The predicted octanol–water partition coefficient (Wildman–Crippen LogP) is 1.30. The van der Waals surface area contributed by atoms with Crippen molar-refractivity contribution in [2.75, 3.05) is 5.48 Å². The Hall–Kier alpha value is -2.30. The van der Waals surface area contributed by atoms with Crippen molar-refractivity contribution in [1.82, 2.24) is 19.7 Å². The Labute approximate surface area is 158 Å². The second-order valence-corrected chi connectivity index (χ2v) is 7.04. The summed E-state index contributed by atoms with van der Waals surface area (Å²) in [6.45, 7) is 0. The van der Waals surface area contributed by atoms with Crippen LogP contribution in [-0.2, 0) is 0 Å². The number of fused-ring (bicyclic) bond motifs is 1. The fourth-order valence-electron chi connectivity index (χ4n) is 3.70. The van der Waals surface area contributed by atoms with Crippen LogP contribution in [0.2, 0.25) is 5.02 Å². The molecule has 4 rings (SSSR count). The van der Waals surface area contributed by atoms with Crippen molar-refractivity contribution in [3.63, 3.8) is 0 Å². The molecule has 0 spiro atoms. The van der Waals surface area contributed by atoms with Crippen LogP contribution >= 0.6 is 11.6 Å². The molecule has 1 saturated carbocycles. The lowest BCUT2D eigenvalue weighted by Crippen LogP contribution is -2.31. The van der Waals surface area contributed by atoms with Crippen LogP contribution in [-0.4, -0.2) is 52.5 Å². The number of aromatic nitrogens is 4. The van der Waals surface area contributed by atoms with Gasteiger partial charge in [0.05, 0.1) is 29.8 Å². The highest BCUT2D eigenvalue weighted by molar-refractivity contribution is 6.30. The van der Waals surface area contributed by atoms with E-state index in [2.05, 4.69) is 15.1 Å². The van der Waals surface area contributed by atoms with Gasteiger partial charge in [-0.3, -0.25) is 10.7 Å². The number of hydrogen-bond acceptors (Lipinski definition) is 8. The third kappa shape index (κ3) is 3.03. The van der Waals surface area contributed by atoms with E-state index >= 15 is 0 Å². The molecule has 0 amide bonds. The quantitative estimate of drug-likeness (QED) is 0.420. The third-order valence-electron chi connectivity index (χ3n) is 5.12. The average Bonchev–Trinajstić information content (AvgIpc) is 3.23. The van der Waals surface area contributed by atoms with Crippen LogP contribution < -0.4 is 5.48 Å². The van der Waals surface area contributed by atoms with E-state index in [0.29, 0.717) is 21.6 Å². The second kappa shape index (κ2) is 7.02. The van der Waals surface area contributed by atoms with Crippen molar-refractivity contribution in [3.8, 4) is 0 Å². The van der Waals surface area contributed by atoms with Crippen molar-refractivity contribution >= 4 is 28.5 Å². The molecule has 27 heavy (non-hydrogen) atoms. The third-order valence-corrected chi connectivity index (χ3v) is 5.38. The van der Waals surface area contributed by atoms with Crippen LogP contribution in [0.5, 0.6) is 0 Å². The first-order valence-corrected chi connectivity index (χ1v) is 8.77. The number of nitrogens with zero attached hydrogens (tertiary/aromatic N) is 4. The lowest BCUT2D eigenvalue weighted by molar-refractivity contribution is -0.0271. The molecule has 0 bridgehead atoms. The zero-order valence-electron chi connectivity index (χ0n) is 14.0. The number of anilines is 1. The lowest BCUT2D eigenvalue weighted by Gasteiger charge is -2.22. The first-order chi connectivity index (χ1) is 13.0. The Morgan fingerprint density at radius 3 is 2.59 bits per heavy atom. The molecule has 5 N–H and O–H groups in total. The topological polar surface area (TPSA) is 137 Å². The summed E-state index contributed by atoms with van der Waals surface area (Å²) in [6, 6.07) is 6.11. The molecule has 0 unspecified atom stereocenters. The van der Waals surface area contributed by atoms with Crippen molar-refractivity contribution in [2.45, 2.75) is 30.8 Å². The Morgan fingerprint density at radius 1 is 1.15 bits per heavy atom. The Balaban J connectivity index is 1.65. The molecule has 142 valence electrons. The Bertz CT molecular complexity index is 950. The van der Waals surface area contributed by atoms with Crippen LogP contribution in [0.1, 0.15) is 24.1 Å². The normalized spacial score (nSPS) is 26.4. The van der Waals surface area contributed by atoms with Gasteiger partial charge < -0.3 is 15.3 Å². The number of halogens is 1. The van der Waals surface area contributed by atoms with Gasteiger partial charge in [0.15, 0.2) is 11.5 Å². The van der Waals surface area contributed by atoms with Gasteiger partial charge in [-0.05, 0) is 24.1 Å². The number of aliphatic hydroxyl groups is 3. The maximum absolute atomic E-state index is 10.7. The number of hydrogen-bond donors (Lipinski definition) is 5. The summed E-state index contributed by atoms with van der Waals surface area (Å²) < 4.78 is 1.49. The number of aliphatic hydroxyl groups excluding tert-OH is 3. The zero-order chi connectivity index (χ0) is 19.1. The van der Waals surface area contributed by atoms with Gasteiger partial charge in [-0.15, -0.1) is 0 Å². The predicted molar refractivity (Wildman–Crippen MR) is 96.3 cm³/mol. The van der Waals surface area contributed by atoms with Crippen molar-refractivity contribution in [2.24, 2.45) is 5.92 Å². The monoisotopic (exact) mass is 391 g/mol. The van der Waals surface area contributed by atoms with Gasteiger partial charge >= 0.3 is 0 Å². The number of benzene rings is 1. The first-order valence-electron chi connectivity index (χ1n) is 8.39. The fraction of sp³-hybridized carbons (Fsp3) is 0.353. The number of rotatable bonds is 4. The van der Waals surface area contributed by atoms with Crippen molar-refractivity contribution in [1.29, 1.82) is 0 Å². The largest absolute Gasteiger partial charge is 0.390 e. The van der Waals surface area contributed by atoms with Crippen LogP contribution in [0.3, 0.4) is 0 Å². The van der Waals surface area contributed by atoms with E-state index in [-0.39, 0.29) is 12.2 Å². The van der Waals surface area contributed by atoms with Crippen LogP contribution in [0.15, 0.2) is 36.8 Å². The van der Waals surface area contributed by atoms with Gasteiger partial charge in [0.25, 0.3) is 0 Å². The summed E-state index contributed by atoms with van der Waals surface area (Å²) in [5, 5.41) is 46.2. The van der Waals surface area contributed by atoms with E-state index in [4.69, 9.17) is 16.8 Å². The summed E-state index contributed by atoms with van der Waals surface area (Å²) in [4.78, 5) is 8.06. The zero-order valence-corrected chi connectivity index (χ0v) is 14.8. The minimum atomic E-state index is -1.14. The maximum Gasteiger partial charge on any atom is 0.164 e. The standard InChI is InChI=1S/C17H18ClN5O4/c18-9-3-1-8(2-4-9)13(24)10-5-12(15(26)14(10)25)23-17-11(6-21-23)16(22-27)19-7-20-17/h1-4,6-7,10,12-15,24-27H,5H2,(H,19,20,22)/t10-,12-,13-,14-,15+/m1/s1. The Morgan fingerprint density at radius 2 is 1.89 bits per heavy atom. The molecule has 0 radical (unpaired) electrons. The van der Waals surface area contributed by atoms with Gasteiger partial charge in [-0.2, -0.15) is 5.10 Å². The molecule has 1 aromatic carbocycles. The van der Waals surface area contributed by atoms with E-state index < -0.39 is 30.3 Å².